The van der Waals surface area contributed by atoms with Crippen LogP contribution in [-0.4, -0.2) is 104 Å². The lowest BCUT2D eigenvalue weighted by Gasteiger charge is -2.40. The van der Waals surface area contributed by atoms with Crippen LogP contribution in [0.4, 0.5) is 24.8 Å². The number of hydrogen-bond donors (Lipinski definition) is 1. The van der Waals surface area contributed by atoms with Gasteiger partial charge in [0.2, 0.25) is 5.91 Å². The van der Waals surface area contributed by atoms with Crippen molar-refractivity contribution < 1.29 is 22.7 Å². The first-order valence-electron chi connectivity index (χ1n) is 17.3. The number of ether oxygens (including phenoxy) is 1. The summed E-state index contributed by atoms with van der Waals surface area (Å²) < 4.78 is 52.6. The number of rotatable bonds is 9. The summed E-state index contributed by atoms with van der Waals surface area (Å²) in [4.78, 5) is 44.9. The molecule has 52 heavy (non-hydrogen) atoms. The molecule has 7 heterocycles. The zero-order valence-corrected chi connectivity index (χ0v) is 28.8. The Hall–Kier alpha value is -5.44. The lowest BCUT2D eigenvalue weighted by Crippen LogP contribution is -2.53. The van der Waals surface area contributed by atoms with Gasteiger partial charge in [-0.3, -0.25) is 14.7 Å². The molecule has 5 aromatic rings. The Kier molecular flexibility index (Phi) is 8.60. The van der Waals surface area contributed by atoms with Crippen LogP contribution in [0.1, 0.15) is 30.8 Å². The van der Waals surface area contributed by atoms with E-state index in [-0.39, 0.29) is 52.6 Å². The second kappa shape index (κ2) is 13.3. The Bertz CT molecular complexity index is 2230. The third-order valence-corrected chi connectivity index (χ3v) is 10.3. The molecule has 1 aromatic carbocycles. The molecule has 3 aliphatic heterocycles. The highest BCUT2D eigenvalue weighted by molar-refractivity contribution is 5.99. The molecule has 12 nitrogen and oxygen atoms in total. The van der Waals surface area contributed by atoms with Gasteiger partial charge in [-0.05, 0) is 56.0 Å². The molecule has 3 aliphatic rings. The van der Waals surface area contributed by atoms with Gasteiger partial charge in [0, 0.05) is 69.4 Å². The largest absolute Gasteiger partial charge is 0.461 e. The van der Waals surface area contributed by atoms with E-state index in [1.54, 1.807) is 42.3 Å². The maximum absolute atomic E-state index is 16.7. The zero-order chi connectivity index (χ0) is 36.1. The molecule has 2 N–H and O–H groups in total. The topological polar surface area (TPSA) is 139 Å². The van der Waals surface area contributed by atoms with Crippen molar-refractivity contribution in [1.29, 1.82) is 0 Å². The smallest absolute Gasteiger partial charge is 0.319 e. The van der Waals surface area contributed by atoms with Crippen LogP contribution >= 0.6 is 0 Å². The summed E-state index contributed by atoms with van der Waals surface area (Å²) >= 11 is 0. The number of alkyl halides is 1. The highest BCUT2D eigenvalue weighted by atomic mass is 19.1. The molecule has 8 rings (SSSR count). The summed E-state index contributed by atoms with van der Waals surface area (Å²) in [6.45, 7) is 4.60. The van der Waals surface area contributed by atoms with Crippen molar-refractivity contribution >= 4 is 45.3 Å². The van der Waals surface area contributed by atoms with Crippen molar-refractivity contribution in [3.8, 4) is 17.4 Å². The van der Waals surface area contributed by atoms with E-state index in [1.807, 2.05) is 11.9 Å². The molecule has 0 spiro atoms. The number of aryl methyl sites for hydroxylation is 1. The number of carbonyl (C=O) groups excluding carboxylic acids is 1. The average molecular weight is 711 g/mol. The lowest BCUT2D eigenvalue weighted by atomic mass is 9.95. The van der Waals surface area contributed by atoms with E-state index in [1.165, 1.54) is 24.4 Å². The van der Waals surface area contributed by atoms with Crippen LogP contribution in [0.25, 0.3) is 39.1 Å². The van der Waals surface area contributed by atoms with Crippen molar-refractivity contribution in [2.45, 2.75) is 37.9 Å². The van der Waals surface area contributed by atoms with Crippen molar-refractivity contribution in [1.82, 2.24) is 39.7 Å². The first kappa shape index (κ1) is 33.7. The summed E-state index contributed by atoms with van der Waals surface area (Å²) in [7, 11) is 1.82. The molecular formula is C37H37F3N10O2. The van der Waals surface area contributed by atoms with Crippen LogP contribution in [0.5, 0.6) is 6.01 Å². The summed E-state index contributed by atoms with van der Waals surface area (Å²) in [6.07, 6.45) is 7.36. The lowest BCUT2D eigenvalue weighted by molar-refractivity contribution is -0.131. The van der Waals surface area contributed by atoms with Crippen LogP contribution < -0.4 is 15.4 Å². The number of nitrogens with zero attached hydrogens (tertiary/aromatic N) is 9. The third kappa shape index (κ3) is 6.22. The first-order chi connectivity index (χ1) is 25.1. The Balaban J connectivity index is 1.09. The van der Waals surface area contributed by atoms with Crippen LogP contribution in [0.3, 0.4) is 0 Å². The number of nitrogen functional groups attached to an aromatic ring is 1. The number of hydrogen-bond acceptors (Lipinski definition) is 11. The average Bonchev–Trinajstić information content (AvgIpc) is 3.63. The molecule has 0 bridgehead atoms. The second-order valence-corrected chi connectivity index (χ2v) is 14.0. The van der Waals surface area contributed by atoms with Gasteiger partial charge < -0.3 is 20.3 Å². The van der Waals surface area contributed by atoms with E-state index in [4.69, 9.17) is 15.5 Å². The maximum Gasteiger partial charge on any atom is 0.319 e. The minimum absolute atomic E-state index is 0.0490. The number of carbonyl (C=O) groups is 1. The van der Waals surface area contributed by atoms with Gasteiger partial charge in [0.05, 0.1) is 16.6 Å². The standard InChI is InChI=1S/C37H37F3N10O2/c1-21-42-11-9-25(44-21)7-8-29(51)49-17-22(18-49)16-48(2)35-26-15-43-34(33-30-23(13-28(41)45-33)5-3-6-27(30)39)31(40)32(26)46-36(47-35)52-20-37-10-4-12-50(37)19-24(38)14-37/h3,5-9,11,13,15,22,24H,4,10,12,14,16-20H2,1-2H3,(H2,41,45)/b8-7+/t24-,37?/m1/s1. The number of nitrogens with two attached hydrogens (primary N) is 1. The zero-order valence-electron chi connectivity index (χ0n) is 28.8. The molecule has 3 saturated heterocycles. The second-order valence-electron chi connectivity index (χ2n) is 14.0. The Labute approximate surface area is 297 Å². The van der Waals surface area contributed by atoms with E-state index >= 15 is 8.78 Å². The molecule has 0 radical (unpaired) electrons. The van der Waals surface area contributed by atoms with E-state index in [9.17, 15) is 9.18 Å². The van der Waals surface area contributed by atoms with Crippen LogP contribution in [0.2, 0.25) is 0 Å². The van der Waals surface area contributed by atoms with Crippen LogP contribution in [0, 0.1) is 24.5 Å². The van der Waals surface area contributed by atoms with Crippen molar-refractivity contribution in [2.75, 3.05) is 57.0 Å². The minimum Gasteiger partial charge on any atom is -0.461 e. The Morgan fingerprint density at radius 1 is 1.12 bits per heavy atom. The monoisotopic (exact) mass is 710 g/mol. The van der Waals surface area contributed by atoms with Gasteiger partial charge in [0.25, 0.3) is 0 Å². The fraction of sp³-hybridized carbons (Fsp3) is 0.378. The van der Waals surface area contributed by atoms with Crippen molar-refractivity contribution in [3.05, 3.63) is 72.0 Å². The summed E-state index contributed by atoms with van der Waals surface area (Å²) in [6, 6.07) is 7.66. The van der Waals surface area contributed by atoms with Gasteiger partial charge in [-0.1, -0.05) is 12.1 Å². The van der Waals surface area contributed by atoms with Gasteiger partial charge in [0.15, 0.2) is 5.82 Å². The minimum atomic E-state index is -0.948. The summed E-state index contributed by atoms with van der Waals surface area (Å²) in [5.41, 5.74) is 5.88. The van der Waals surface area contributed by atoms with Gasteiger partial charge in [0.1, 0.15) is 53.0 Å². The molecule has 1 unspecified atom stereocenters. The molecule has 2 atom stereocenters. The van der Waals surface area contributed by atoms with E-state index in [0.29, 0.717) is 60.7 Å². The molecule has 0 saturated carbocycles. The van der Waals surface area contributed by atoms with Gasteiger partial charge >= 0.3 is 6.01 Å². The SMILES string of the molecule is Cc1nccc(/C=C/C(=O)N2CC(CN(C)c3nc(OCC45CCCN4C[C@H](F)C5)nc4c(F)c(-c5nc(N)cc6cccc(F)c56)ncc34)C2)n1. The molecule has 4 aromatic heterocycles. The Morgan fingerprint density at radius 2 is 1.96 bits per heavy atom. The fourth-order valence-electron chi connectivity index (χ4n) is 7.82. The number of halogens is 3. The number of fused-ring (bicyclic) bond motifs is 3. The summed E-state index contributed by atoms with van der Waals surface area (Å²) in [5, 5.41) is 0.843. The Morgan fingerprint density at radius 3 is 2.79 bits per heavy atom. The van der Waals surface area contributed by atoms with Crippen molar-refractivity contribution in [3.63, 3.8) is 0 Å². The molecular weight excluding hydrogens is 673 g/mol. The molecule has 0 aliphatic carbocycles. The quantitative estimate of drug-likeness (QED) is 0.212. The van der Waals surface area contributed by atoms with Crippen LogP contribution in [0.15, 0.2) is 48.8 Å². The number of benzene rings is 1. The predicted molar refractivity (Wildman–Crippen MR) is 190 cm³/mol. The number of amides is 1. The number of aromatic nitrogens is 6. The molecule has 3 fully saturated rings. The number of anilines is 2. The van der Waals surface area contributed by atoms with Crippen molar-refractivity contribution in [2.24, 2.45) is 5.92 Å². The highest BCUT2D eigenvalue weighted by Gasteiger charge is 2.49. The summed E-state index contributed by atoms with van der Waals surface area (Å²) in [5.74, 6) is -0.380. The molecule has 268 valence electrons. The van der Waals surface area contributed by atoms with Gasteiger partial charge in [-0.25, -0.2) is 28.1 Å². The predicted octanol–water partition coefficient (Wildman–Crippen LogP) is 4.76. The maximum atomic E-state index is 16.7. The highest BCUT2D eigenvalue weighted by Crippen LogP contribution is 2.41. The van der Waals surface area contributed by atoms with Crippen LogP contribution in [-0.2, 0) is 4.79 Å². The van der Waals surface area contributed by atoms with E-state index in [0.717, 1.165) is 19.4 Å². The normalized spacial score (nSPS) is 20.6. The van der Waals surface area contributed by atoms with E-state index < -0.39 is 23.3 Å². The molecule has 1 amide bonds. The van der Waals surface area contributed by atoms with E-state index in [2.05, 4.69) is 29.8 Å². The third-order valence-electron chi connectivity index (χ3n) is 10.3. The first-order valence-corrected chi connectivity index (χ1v) is 17.3. The van der Waals surface area contributed by atoms with Gasteiger partial charge in [-0.15, -0.1) is 0 Å². The van der Waals surface area contributed by atoms with Gasteiger partial charge in [-0.2, -0.15) is 9.97 Å². The fourth-order valence-corrected chi connectivity index (χ4v) is 7.82. The number of likely N-dealkylation sites (tertiary alicyclic amines) is 1. The number of pyridine rings is 2. The molecule has 15 heteroatoms.